The maximum atomic E-state index is 12.2. The van der Waals surface area contributed by atoms with Crippen molar-refractivity contribution in [3.8, 4) is 11.4 Å². The molecule has 0 spiro atoms. The van der Waals surface area contributed by atoms with Gasteiger partial charge in [-0.05, 0) is 31.2 Å². The SMILES string of the molecule is CCn1c(SCC(=O)NC2CCCC2)nnc1-c1ccc(C(C)C)cc1. The van der Waals surface area contributed by atoms with Gasteiger partial charge in [-0.2, -0.15) is 0 Å². The Hall–Kier alpha value is -1.82. The van der Waals surface area contributed by atoms with Crippen molar-refractivity contribution in [2.75, 3.05) is 5.75 Å². The van der Waals surface area contributed by atoms with Crippen LogP contribution >= 0.6 is 11.8 Å². The highest BCUT2D eigenvalue weighted by Crippen LogP contribution is 2.26. The smallest absolute Gasteiger partial charge is 0.230 e. The van der Waals surface area contributed by atoms with Gasteiger partial charge in [0.1, 0.15) is 0 Å². The van der Waals surface area contributed by atoms with Gasteiger partial charge >= 0.3 is 0 Å². The third kappa shape index (κ3) is 4.47. The molecule has 1 aliphatic carbocycles. The molecule has 0 saturated heterocycles. The minimum Gasteiger partial charge on any atom is -0.353 e. The number of thioether (sulfide) groups is 1. The van der Waals surface area contributed by atoms with E-state index in [2.05, 4.69) is 65.1 Å². The van der Waals surface area contributed by atoms with E-state index >= 15 is 0 Å². The molecule has 1 aromatic carbocycles. The van der Waals surface area contributed by atoms with Gasteiger partial charge in [0.15, 0.2) is 11.0 Å². The van der Waals surface area contributed by atoms with Crippen molar-refractivity contribution >= 4 is 17.7 Å². The lowest BCUT2D eigenvalue weighted by molar-refractivity contribution is -0.119. The fraction of sp³-hybridized carbons (Fsp3) is 0.550. The summed E-state index contributed by atoms with van der Waals surface area (Å²) >= 11 is 1.46. The van der Waals surface area contributed by atoms with Crippen LogP contribution in [-0.4, -0.2) is 32.5 Å². The molecule has 1 N–H and O–H groups in total. The zero-order valence-corrected chi connectivity index (χ0v) is 16.7. The van der Waals surface area contributed by atoms with Crippen LogP contribution < -0.4 is 5.32 Å². The monoisotopic (exact) mass is 372 g/mol. The van der Waals surface area contributed by atoms with Crippen molar-refractivity contribution in [3.05, 3.63) is 29.8 Å². The molecule has 26 heavy (non-hydrogen) atoms. The summed E-state index contributed by atoms with van der Waals surface area (Å²) in [7, 11) is 0. The van der Waals surface area contributed by atoms with E-state index in [-0.39, 0.29) is 5.91 Å². The standard InChI is InChI=1S/C20H28N4OS/c1-4-24-19(16-11-9-15(10-12-16)14(2)3)22-23-20(24)26-13-18(25)21-17-7-5-6-8-17/h9-12,14,17H,4-8,13H2,1-3H3,(H,21,25). The number of hydrogen-bond donors (Lipinski definition) is 1. The maximum Gasteiger partial charge on any atom is 0.230 e. The van der Waals surface area contributed by atoms with E-state index in [4.69, 9.17) is 0 Å². The second kappa shape index (κ2) is 8.71. The first kappa shape index (κ1) is 19.0. The molecule has 1 aromatic heterocycles. The van der Waals surface area contributed by atoms with Crippen LogP contribution in [0.3, 0.4) is 0 Å². The maximum absolute atomic E-state index is 12.2. The van der Waals surface area contributed by atoms with Crippen LogP contribution in [-0.2, 0) is 11.3 Å². The van der Waals surface area contributed by atoms with E-state index in [1.165, 1.54) is 30.2 Å². The van der Waals surface area contributed by atoms with Gasteiger partial charge in [-0.1, -0.05) is 62.7 Å². The van der Waals surface area contributed by atoms with E-state index in [0.717, 1.165) is 35.9 Å². The molecular weight excluding hydrogens is 344 g/mol. The Bertz CT molecular complexity index is 733. The van der Waals surface area contributed by atoms with Crippen molar-refractivity contribution in [1.82, 2.24) is 20.1 Å². The first-order valence-corrected chi connectivity index (χ1v) is 10.5. The van der Waals surface area contributed by atoms with Crippen LogP contribution in [0, 0.1) is 0 Å². The highest BCUT2D eigenvalue weighted by molar-refractivity contribution is 7.99. The second-order valence-corrected chi connectivity index (χ2v) is 8.11. The Balaban J connectivity index is 1.66. The fourth-order valence-corrected chi connectivity index (χ4v) is 4.19. The van der Waals surface area contributed by atoms with E-state index in [1.807, 2.05) is 0 Å². The van der Waals surface area contributed by atoms with E-state index in [0.29, 0.717) is 17.7 Å². The average Bonchev–Trinajstić information content (AvgIpc) is 3.29. The Labute approximate surface area is 160 Å². The summed E-state index contributed by atoms with van der Waals surface area (Å²) in [6.45, 7) is 7.24. The lowest BCUT2D eigenvalue weighted by Gasteiger charge is -2.12. The van der Waals surface area contributed by atoms with Gasteiger partial charge in [-0.3, -0.25) is 4.79 Å². The molecule has 140 valence electrons. The zero-order chi connectivity index (χ0) is 18.5. The normalized spacial score (nSPS) is 14.9. The molecule has 1 heterocycles. The van der Waals surface area contributed by atoms with Gasteiger partial charge in [0, 0.05) is 18.2 Å². The van der Waals surface area contributed by atoms with Crippen LogP contribution in [0.4, 0.5) is 0 Å². The summed E-state index contributed by atoms with van der Waals surface area (Å²) in [5, 5.41) is 12.6. The molecule has 0 atom stereocenters. The number of carbonyl (C=O) groups excluding carboxylic acids is 1. The first-order valence-electron chi connectivity index (χ1n) is 9.54. The molecule has 0 bridgehead atoms. The molecule has 2 aromatic rings. The van der Waals surface area contributed by atoms with Crippen molar-refractivity contribution in [3.63, 3.8) is 0 Å². The summed E-state index contributed by atoms with van der Waals surface area (Å²) in [6, 6.07) is 8.87. The Morgan fingerprint density at radius 3 is 2.54 bits per heavy atom. The Morgan fingerprint density at radius 2 is 1.92 bits per heavy atom. The number of aromatic nitrogens is 3. The third-order valence-corrected chi connectivity index (χ3v) is 5.89. The summed E-state index contributed by atoms with van der Waals surface area (Å²) in [4.78, 5) is 12.2. The summed E-state index contributed by atoms with van der Waals surface area (Å²) in [6.07, 6.45) is 4.67. The van der Waals surface area contributed by atoms with Crippen molar-refractivity contribution in [2.24, 2.45) is 0 Å². The van der Waals surface area contributed by atoms with Gasteiger partial charge in [-0.15, -0.1) is 10.2 Å². The number of hydrogen-bond acceptors (Lipinski definition) is 4. The summed E-state index contributed by atoms with van der Waals surface area (Å²) in [5.74, 6) is 1.86. The molecule has 1 fully saturated rings. The van der Waals surface area contributed by atoms with Crippen LogP contribution in [0.25, 0.3) is 11.4 Å². The minimum atomic E-state index is 0.0930. The van der Waals surface area contributed by atoms with Gasteiger partial charge in [0.05, 0.1) is 5.75 Å². The summed E-state index contributed by atoms with van der Waals surface area (Å²) in [5.41, 5.74) is 2.38. The first-order chi connectivity index (χ1) is 12.6. The number of carbonyl (C=O) groups is 1. The largest absolute Gasteiger partial charge is 0.353 e. The van der Waals surface area contributed by atoms with Gasteiger partial charge in [0.25, 0.3) is 0 Å². The van der Waals surface area contributed by atoms with Crippen molar-refractivity contribution < 1.29 is 4.79 Å². The molecular formula is C20H28N4OS. The zero-order valence-electron chi connectivity index (χ0n) is 15.9. The number of benzene rings is 1. The molecule has 3 rings (SSSR count). The van der Waals surface area contributed by atoms with Gasteiger partial charge < -0.3 is 9.88 Å². The van der Waals surface area contributed by atoms with Crippen LogP contribution in [0.1, 0.15) is 57.9 Å². The van der Waals surface area contributed by atoms with E-state index < -0.39 is 0 Å². The fourth-order valence-electron chi connectivity index (χ4n) is 3.38. The number of amides is 1. The number of rotatable bonds is 7. The van der Waals surface area contributed by atoms with E-state index in [1.54, 1.807) is 0 Å². The van der Waals surface area contributed by atoms with Crippen molar-refractivity contribution in [2.45, 2.75) is 70.1 Å². The molecule has 5 nitrogen and oxygen atoms in total. The Kier molecular flexibility index (Phi) is 6.35. The molecule has 1 aliphatic rings. The lowest BCUT2D eigenvalue weighted by Crippen LogP contribution is -2.33. The second-order valence-electron chi connectivity index (χ2n) is 7.16. The van der Waals surface area contributed by atoms with Gasteiger partial charge in [-0.25, -0.2) is 0 Å². The Morgan fingerprint density at radius 1 is 1.23 bits per heavy atom. The minimum absolute atomic E-state index is 0.0930. The molecule has 6 heteroatoms. The molecule has 1 amide bonds. The highest BCUT2D eigenvalue weighted by atomic mass is 32.2. The molecule has 0 radical (unpaired) electrons. The molecule has 1 saturated carbocycles. The molecule has 0 aliphatic heterocycles. The summed E-state index contributed by atoms with van der Waals surface area (Å²) < 4.78 is 2.08. The quantitative estimate of drug-likeness (QED) is 0.739. The van der Waals surface area contributed by atoms with Crippen molar-refractivity contribution in [1.29, 1.82) is 0 Å². The average molecular weight is 373 g/mol. The van der Waals surface area contributed by atoms with Gasteiger partial charge in [0.2, 0.25) is 5.91 Å². The molecule has 0 unspecified atom stereocenters. The lowest BCUT2D eigenvalue weighted by atomic mass is 10.0. The predicted molar refractivity (Wildman–Crippen MR) is 106 cm³/mol. The predicted octanol–water partition coefficient (Wildman–Crippen LogP) is 4.24. The number of nitrogens with zero attached hydrogens (tertiary/aromatic N) is 3. The van der Waals surface area contributed by atoms with Crippen LogP contribution in [0.2, 0.25) is 0 Å². The van der Waals surface area contributed by atoms with Crippen LogP contribution in [0.5, 0.6) is 0 Å². The number of nitrogens with one attached hydrogen (secondary N) is 1. The topological polar surface area (TPSA) is 59.8 Å². The van der Waals surface area contributed by atoms with Crippen LogP contribution in [0.15, 0.2) is 29.4 Å². The van der Waals surface area contributed by atoms with E-state index in [9.17, 15) is 4.79 Å². The highest BCUT2D eigenvalue weighted by Gasteiger charge is 2.19. The third-order valence-electron chi connectivity index (χ3n) is 4.92.